The second-order valence-corrected chi connectivity index (χ2v) is 4.58. The van der Waals surface area contributed by atoms with Gasteiger partial charge in [0.05, 0.1) is 7.11 Å². The van der Waals surface area contributed by atoms with Gasteiger partial charge in [0, 0.05) is 12.6 Å². The summed E-state index contributed by atoms with van der Waals surface area (Å²) in [6, 6.07) is 9.07. The van der Waals surface area contributed by atoms with Gasteiger partial charge in [0.1, 0.15) is 18.2 Å². The van der Waals surface area contributed by atoms with Crippen molar-refractivity contribution < 1.29 is 18.3 Å². The molecular weight excluding hydrogens is 276 g/mol. The minimum absolute atomic E-state index is 0.156. The molecule has 0 aliphatic heterocycles. The van der Waals surface area contributed by atoms with Crippen LogP contribution in [0.1, 0.15) is 11.1 Å². The summed E-state index contributed by atoms with van der Waals surface area (Å²) < 4.78 is 37.4. The second-order valence-electron chi connectivity index (χ2n) is 4.58. The summed E-state index contributed by atoms with van der Waals surface area (Å²) >= 11 is 0. The Labute approximate surface area is 122 Å². The zero-order valence-corrected chi connectivity index (χ0v) is 12.0. The largest absolute Gasteiger partial charge is 0.494 e. The average Bonchev–Trinajstić information content (AvgIpc) is 2.45. The molecule has 2 aromatic carbocycles. The van der Waals surface area contributed by atoms with Crippen molar-refractivity contribution in [2.24, 2.45) is 0 Å². The molecule has 5 heteroatoms. The van der Waals surface area contributed by atoms with Gasteiger partial charge in [0.15, 0.2) is 11.6 Å². The van der Waals surface area contributed by atoms with Crippen molar-refractivity contribution in [2.45, 2.75) is 13.2 Å². The number of benzene rings is 2. The van der Waals surface area contributed by atoms with E-state index in [0.29, 0.717) is 17.9 Å². The highest BCUT2D eigenvalue weighted by Crippen LogP contribution is 2.21. The van der Waals surface area contributed by atoms with Crippen molar-refractivity contribution in [2.75, 3.05) is 14.2 Å². The van der Waals surface area contributed by atoms with Gasteiger partial charge in [-0.25, -0.2) is 8.78 Å². The van der Waals surface area contributed by atoms with E-state index in [1.165, 1.54) is 31.4 Å². The highest BCUT2D eigenvalue weighted by molar-refractivity contribution is 5.31. The molecule has 0 fully saturated rings. The molecule has 0 atom stereocenters. The topological polar surface area (TPSA) is 30.5 Å². The van der Waals surface area contributed by atoms with E-state index >= 15 is 0 Å². The molecule has 0 radical (unpaired) electrons. The molecule has 112 valence electrons. The maximum absolute atomic E-state index is 13.6. The Morgan fingerprint density at radius 3 is 2.52 bits per heavy atom. The van der Waals surface area contributed by atoms with E-state index in [4.69, 9.17) is 9.47 Å². The van der Waals surface area contributed by atoms with E-state index < -0.39 is 5.82 Å². The maximum atomic E-state index is 13.6. The fourth-order valence-corrected chi connectivity index (χ4v) is 1.98. The molecular formula is C16H17F2NO2. The maximum Gasteiger partial charge on any atom is 0.165 e. The zero-order chi connectivity index (χ0) is 15.2. The van der Waals surface area contributed by atoms with Gasteiger partial charge in [-0.05, 0) is 42.4 Å². The van der Waals surface area contributed by atoms with Gasteiger partial charge < -0.3 is 14.8 Å². The second kappa shape index (κ2) is 7.04. The van der Waals surface area contributed by atoms with Crippen LogP contribution < -0.4 is 14.8 Å². The summed E-state index contributed by atoms with van der Waals surface area (Å²) in [4.78, 5) is 0. The van der Waals surface area contributed by atoms with Gasteiger partial charge in [0.25, 0.3) is 0 Å². The van der Waals surface area contributed by atoms with Crippen LogP contribution in [0.5, 0.6) is 11.5 Å². The normalized spacial score (nSPS) is 10.5. The molecule has 0 spiro atoms. The van der Waals surface area contributed by atoms with Crippen LogP contribution in [0.15, 0.2) is 36.4 Å². The summed E-state index contributed by atoms with van der Waals surface area (Å²) in [5.41, 5.74) is 1.43. The Bertz CT molecular complexity index is 617. The summed E-state index contributed by atoms with van der Waals surface area (Å²) in [6.07, 6.45) is 0. The number of halogens is 2. The smallest absolute Gasteiger partial charge is 0.165 e. The van der Waals surface area contributed by atoms with Crippen LogP contribution in [0.2, 0.25) is 0 Å². The molecule has 2 aromatic rings. The minimum atomic E-state index is -0.450. The molecule has 21 heavy (non-hydrogen) atoms. The van der Waals surface area contributed by atoms with Crippen molar-refractivity contribution in [3.63, 3.8) is 0 Å². The number of hydrogen-bond acceptors (Lipinski definition) is 3. The first-order valence-electron chi connectivity index (χ1n) is 6.51. The number of ether oxygens (including phenoxy) is 2. The number of nitrogens with one attached hydrogen (secondary N) is 1. The number of hydrogen-bond donors (Lipinski definition) is 1. The van der Waals surface area contributed by atoms with Crippen LogP contribution in [0.25, 0.3) is 0 Å². The molecule has 0 aliphatic rings. The molecule has 0 amide bonds. The predicted molar refractivity (Wildman–Crippen MR) is 76.4 cm³/mol. The molecule has 1 N–H and O–H groups in total. The van der Waals surface area contributed by atoms with E-state index in [1.807, 2.05) is 0 Å². The monoisotopic (exact) mass is 293 g/mol. The lowest BCUT2D eigenvalue weighted by Gasteiger charge is -2.10. The Morgan fingerprint density at radius 2 is 1.86 bits per heavy atom. The lowest BCUT2D eigenvalue weighted by Crippen LogP contribution is -2.06. The third-order valence-electron chi connectivity index (χ3n) is 2.93. The highest BCUT2D eigenvalue weighted by atomic mass is 19.1. The van der Waals surface area contributed by atoms with Crippen molar-refractivity contribution in [1.82, 2.24) is 5.32 Å². The van der Waals surface area contributed by atoms with Gasteiger partial charge in [-0.3, -0.25) is 0 Å². The lowest BCUT2D eigenvalue weighted by atomic mass is 10.2. The molecule has 0 aromatic heterocycles. The standard InChI is InChI=1S/C16H17F2NO2/c1-19-9-12-5-13(17)8-14(6-12)21-10-11-3-4-16(20-2)15(18)7-11/h3-8,19H,9-10H2,1-2H3. The van der Waals surface area contributed by atoms with Crippen LogP contribution in [0, 0.1) is 11.6 Å². The fourth-order valence-electron chi connectivity index (χ4n) is 1.98. The zero-order valence-electron chi connectivity index (χ0n) is 12.0. The van der Waals surface area contributed by atoms with Gasteiger partial charge in [-0.1, -0.05) is 6.07 Å². The first-order chi connectivity index (χ1) is 10.1. The Hall–Kier alpha value is -2.14. The minimum Gasteiger partial charge on any atom is -0.494 e. The Balaban J connectivity index is 2.07. The van der Waals surface area contributed by atoms with Crippen LogP contribution >= 0.6 is 0 Å². The molecule has 0 heterocycles. The van der Waals surface area contributed by atoms with Gasteiger partial charge >= 0.3 is 0 Å². The summed E-state index contributed by atoms with van der Waals surface area (Å²) in [6.45, 7) is 0.703. The van der Waals surface area contributed by atoms with Gasteiger partial charge in [-0.15, -0.1) is 0 Å². The van der Waals surface area contributed by atoms with Crippen LogP contribution in [-0.4, -0.2) is 14.2 Å². The molecule has 0 unspecified atom stereocenters. The third kappa shape index (κ3) is 4.16. The van der Waals surface area contributed by atoms with E-state index in [2.05, 4.69) is 5.32 Å². The van der Waals surface area contributed by atoms with Gasteiger partial charge in [0.2, 0.25) is 0 Å². The highest BCUT2D eigenvalue weighted by Gasteiger charge is 2.05. The van der Waals surface area contributed by atoms with E-state index in [0.717, 1.165) is 5.56 Å². The molecule has 3 nitrogen and oxygen atoms in total. The third-order valence-corrected chi connectivity index (χ3v) is 2.93. The van der Waals surface area contributed by atoms with Crippen LogP contribution in [0.3, 0.4) is 0 Å². The molecule has 0 saturated heterocycles. The summed E-state index contributed by atoms with van der Waals surface area (Å²) in [5, 5.41) is 2.95. The predicted octanol–water partition coefficient (Wildman–Crippen LogP) is 3.27. The van der Waals surface area contributed by atoms with E-state index in [1.54, 1.807) is 19.2 Å². The van der Waals surface area contributed by atoms with Crippen LogP contribution in [-0.2, 0) is 13.2 Å². The Kier molecular flexibility index (Phi) is 5.11. The average molecular weight is 293 g/mol. The number of methoxy groups -OCH3 is 1. The van der Waals surface area contributed by atoms with E-state index in [9.17, 15) is 8.78 Å². The molecule has 0 aliphatic carbocycles. The number of rotatable bonds is 6. The van der Waals surface area contributed by atoms with Crippen LogP contribution in [0.4, 0.5) is 8.78 Å². The SMILES string of the molecule is CNCc1cc(F)cc(OCc2ccc(OC)c(F)c2)c1. The lowest BCUT2D eigenvalue weighted by molar-refractivity contribution is 0.302. The van der Waals surface area contributed by atoms with Crippen molar-refractivity contribution in [3.05, 3.63) is 59.2 Å². The summed E-state index contributed by atoms with van der Waals surface area (Å²) in [7, 11) is 3.19. The van der Waals surface area contributed by atoms with Gasteiger partial charge in [-0.2, -0.15) is 0 Å². The fraction of sp³-hybridized carbons (Fsp3) is 0.250. The summed E-state index contributed by atoms with van der Waals surface area (Å²) in [5.74, 6) is -0.218. The first kappa shape index (κ1) is 15.3. The molecule has 2 rings (SSSR count). The van der Waals surface area contributed by atoms with Crippen molar-refractivity contribution in [3.8, 4) is 11.5 Å². The molecule has 0 saturated carbocycles. The Morgan fingerprint density at radius 1 is 1.05 bits per heavy atom. The quantitative estimate of drug-likeness (QED) is 0.886. The van der Waals surface area contributed by atoms with Crippen molar-refractivity contribution in [1.29, 1.82) is 0 Å². The first-order valence-corrected chi connectivity index (χ1v) is 6.51. The molecule has 0 bridgehead atoms. The van der Waals surface area contributed by atoms with E-state index in [-0.39, 0.29) is 18.2 Å². The van der Waals surface area contributed by atoms with Crippen molar-refractivity contribution >= 4 is 0 Å².